The number of carboxylic acid groups (broad SMARTS) is 1. The molecule has 4 rings (SSSR count). The van der Waals surface area contributed by atoms with Gasteiger partial charge in [0.25, 0.3) is 0 Å². The number of aliphatic hydroxyl groups is 1. The van der Waals surface area contributed by atoms with Crippen molar-refractivity contribution < 1.29 is 29.3 Å². The third-order valence-corrected chi connectivity index (χ3v) is 6.76. The third kappa shape index (κ3) is 5.22. The molecule has 2 aromatic rings. The molecule has 2 aliphatic carbocycles. The van der Waals surface area contributed by atoms with Crippen molar-refractivity contribution in [1.82, 2.24) is 10.6 Å². The molecule has 0 saturated heterocycles. The Balaban J connectivity index is 1.34. The first kappa shape index (κ1) is 23.8. The van der Waals surface area contributed by atoms with Gasteiger partial charge in [-0.1, -0.05) is 48.5 Å². The standard InChI is InChI=1S/C26H30N2O6/c1-26(16-10-11-16,14-23(30)27-13-12-22(29)24(31)32)28-25(33)34-15-21-19-8-4-2-6-17(19)18-7-3-5-9-20(18)21/h2-9,16,21-22,29H,10-15H2,1H3,(H,27,30)(H,28,33)(H,31,32). The summed E-state index contributed by atoms with van der Waals surface area (Å²) in [5, 5.41) is 23.6. The van der Waals surface area contributed by atoms with Crippen LogP contribution in [0.1, 0.15) is 49.7 Å². The summed E-state index contributed by atoms with van der Waals surface area (Å²) in [6.07, 6.45) is -0.304. The first-order valence-electron chi connectivity index (χ1n) is 11.6. The third-order valence-electron chi connectivity index (χ3n) is 6.76. The summed E-state index contributed by atoms with van der Waals surface area (Å²) in [6.45, 7) is 2.07. The number of nitrogens with one attached hydrogen (secondary N) is 2. The maximum Gasteiger partial charge on any atom is 0.407 e. The van der Waals surface area contributed by atoms with E-state index in [9.17, 15) is 19.5 Å². The Morgan fingerprint density at radius 1 is 1.06 bits per heavy atom. The molecule has 2 aliphatic rings. The lowest BCUT2D eigenvalue weighted by atomic mass is 9.91. The molecule has 2 unspecified atom stereocenters. The average molecular weight is 467 g/mol. The van der Waals surface area contributed by atoms with Crippen molar-refractivity contribution in [2.24, 2.45) is 5.92 Å². The highest BCUT2D eigenvalue weighted by Crippen LogP contribution is 2.45. The molecule has 2 atom stereocenters. The second-order valence-corrected chi connectivity index (χ2v) is 9.31. The maximum absolute atomic E-state index is 12.8. The van der Waals surface area contributed by atoms with E-state index in [4.69, 9.17) is 9.84 Å². The van der Waals surface area contributed by atoms with Gasteiger partial charge in [0.15, 0.2) is 6.10 Å². The van der Waals surface area contributed by atoms with Crippen molar-refractivity contribution in [3.63, 3.8) is 0 Å². The molecule has 0 aliphatic heterocycles. The largest absolute Gasteiger partial charge is 0.479 e. The van der Waals surface area contributed by atoms with E-state index in [2.05, 4.69) is 34.9 Å². The van der Waals surface area contributed by atoms with Gasteiger partial charge in [0.2, 0.25) is 5.91 Å². The quantitative estimate of drug-likeness (QED) is 0.427. The first-order chi connectivity index (χ1) is 16.3. The number of fused-ring (bicyclic) bond motifs is 3. The fourth-order valence-corrected chi connectivity index (χ4v) is 4.75. The molecule has 0 aromatic heterocycles. The summed E-state index contributed by atoms with van der Waals surface area (Å²) < 4.78 is 5.65. The Hall–Kier alpha value is -3.39. The number of aliphatic carboxylic acids is 1. The monoisotopic (exact) mass is 466 g/mol. The Labute approximate surface area is 198 Å². The minimum absolute atomic E-state index is 0.0397. The van der Waals surface area contributed by atoms with Crippen LogP contribution < -0.4 is 10.6 Å². The minimum atomic E-state index is -1.52. The summed E-state index contributed by atoms with van der Waals surface area (Å²) in [5.41, 5.74) is 3.80. The maximum atomic E-state index is 12.8. The van der Waals surface area contributed by atoms with Crippen LogP contribution in [0, 0.1) is 5.92 Å². The molecule has 1 fully saturated rings. The van der Waals surface area contributed by atoms with E-state index in [1.54, 1.807) is 0 Å². The van der Waals surface area contributed by atoms with Crippen LogP contribution in [0.5, 0.6) is 0 Å². The fraction of sp³-hybridized carbons (Fsp3) is 0.423. The Morgan fingerprint density at radius 3 is 2.21 bits per heavy atom. The number of benzene rings is 2. The van der Waals surface area contributed by atoms with Crippen LogP contribution >= 0.6 is 0 Å². The van der Waals surface area contributed by atoms with Crippen molar-refractivity contribution in [3.8, 4) is 11.1 Å². The normalized spacial score (nSPS) is 17.1. The van der Waals surface area contributed by atoms with Gasteiger partial charge < -0.3 is 25.6 Å². The van der Waals surface area contributed by atoms with Gasteiger partial charge in [-0.2, -0.15) is 0 Å². The van der Waals surface area contributed by atoms with E-state index in [-0.39, 0.29) is 43.7 Å². The number of amides is 2. The molecule has 0 radical (unpaired) electrons. The molecule has 180 valence electrons. The summed E-state index contributed by atoms with van der Waals surface area (Å²) in [7, 11) is 0. The number of carbonyl (C=O) groups excluding carboxylic acids is 2. The summed E-state index contributed by atoms with van der Waals surface area (Å²) in [5.74, 6) is -1.52. The zero-order valence-electron chi connectivity index (χ0n) is 19.1. The van der Waals surface area contributed by atoms with Gasteiger partial charge in [-0.3, -0.25) is 4.79 Å². The Morgan fingerprint density at radius 2 is 1.65 bits per heavy atom. The Bertz CT molecular complexity index is 1040. The predicted octanol–water partition coefficient (Wildman–Crippen LogP) is 3.04. The summed E-state index contributed by atoms with van der Waals surface area (Å²) in [4.78, 5) is 35.9. The van der Waals surface area contributed by atoms with Crippen LogP contribution in [0.4, 0.5) is 4.79 Å². The van der Waals surface area contributed by atoms with E-state index < -0.39 is 23.7 Å². The number of ether oxygens (including phenoxy) is 1. The smallest absolute Gasteiger partial charge is 0.407 e. The molecule has 0 spiro atoms. The van der Waals surface area contributed by atoms with E-state index in [1.165, 1.54) is 0 Å². The van der Waals surface area contributed by atoms with E-state index >= 15 is 0 Å². The van der Waals surface area contributed by atoms with Crippen molar-refractivity contribution in [3.05, 3.63) is 59.7 Å². The topological polar surface area (TPSA) is 125 Å². The van der Waals surface area contributed by atoms with Gasteiger partial charge in [-0.15, -0.1) is 0 Å². The molecule has 8 nitrogen and oxygen atoms in total. The molecule has 2 amide bonds. The van der Waals surface area contributed by atoms with E-state index in [1.807, 2.05) is 31.2 Å². The predicted molar refractivity (Wildman–Crippen MR) is 125 cm³/mol. The van der Waals surface area contributed by atoms with Crippen LogP contribution in [0.2, 0.25) is 0 Å². The lowest BCUT2D eigenvalue weighted by Crippen LogP contribution is -2.51. The second kappa shape index (κ2) is 9.85. The van der Waals surface area contributed by atoms with Crippen LogP contribution in [0.25, 0.3) is 11.1 Å². The number of hydrogen-bond acceptors (Lipinski definition) is 5. The molecule has 2 aromatic carbocycles. The van der Waals surface area contributed by atoms with Crippen LogP contribution in [0.15, 0.2) is 48.5 Å². The van der Waals surface area contributed by atoms with E-state index in [0.29, 0.717) is 0 Å². The van der Waals surface area contributed by atoms with Gasteiger partial charge in [0, 0.05) is 25.3 Å². The highest BCUT2D eigenvalue weighted by Gasteiger charge is 2.44. The second-order valence-electron chi connectivity index (χ2n) is 9.31. The van der Waals surface area contributed by atoms with Crippen molar-refractivity contribution in [2.75, 3.05) is 13.2 Å². The fourth-order valence-electron chi connectivity index (χ4n) is 4.75. The van der Waals surface area contributed by atoms with Crippen molar-refractivity contribution in [1.29, 1.82) is 0 Å². The lowest BCUT2D eigenvalue weighted by molar-refractivity contribution is -0.147. The molecule has 0 heterocycles. The van der Waals surface area contributed by atoms with Crippen LogP contribution in [-0.2, 0) is 14.3 Å². The number of rotatable bonds is 10. The van der Waals surface area contributed by atoms with Gasteiger partial charge >= 0.3 is 12.1 Å². The zero-order chi connectivity index (χ0) is 24.3. The SMILES string of the molecule is CC(CC(=O)NCCC(O)C(=O)O)(NC(=O)OCC1c2ccccc2-c2ccccc21)C1CC1. The zero-order valence-corrected chi connectivity index (χ0v) is 19.1. The average Bonchev–Trinajstić information content (AvgIpc) is 3.62. The van der Waals surface area contributed by atoms with Crippen molar-refractivity contribution in [2.45, 2.75) is 50.2 Å². The highest BCUT2D eigenvalue weighted by atomic mass is 16.5. The van der Waals surface area contributed by atoms with Crippen LogP contribution in [-0.4, -0.2) is 53.0 Å². The molecular weight excluding hydrogens is 436 g/mol. The van der Waals surface area contributed by atoms with Gasteiger partial charge in [0.05, 0.1) is 5.54 Å². The highest BCUT2D eigenvalue weighted by molar-refractivity contribution is 5.80. The summed E-state index contributed by atoms with van der Waals surface area (Å²) in [6, 6.07) is 16.2. The molecule has 1 saturated carbocycles. The molecule has 0 bridgehead atoms. The molecule has 8 heteroatoms. The number of hydrogen-bond donors (Lipinski definition) is 4. The number of carbonyl (C=O) groups is 3. The number of carboxylic acids is 1. The number of alkyl carbamates (subject to hydrolysis) is 1. The van der Waals surface area contributed by atoms with E-state index in [0.717, 1.165) is 35.1 Å². The summed E-state index contributed by atoms with van der Waals surface area (Å²) >= 11 is 0. The Kier molecular flexibility index (Phi) is 6.88. The van der Waals surface area contributed by atoms with Gasteiger partial charge in [-0.25, -0.2) is 9.59 Å². The van der Waals surface area contributed by atoms with Crippen molar-refractivity contribution >= 4 is 18.0 Å². The molecule has 4 N–H and O–H groups in total. The van der Waals surface area contributed by atoms with Gasteiger partial charge in [-0.05, 0) is 47.9 Å². The van der Waals surface area contributed by atoms with Crippen LogP contribution in [0.3, 0.4) is 0 Å². The molecule has 34 heavy (non-hydrogen) atoms. The van der Waals surface area contributed by atoms with Gasteiger partial charge in [0.1, 0.15) is 6.61 Å². The lowest BCUT2D eigenvalue weighted by Gasteiger charge is -2.30. The minimum Gasteiger partial charge on any atom is -0.479 e. The number of aliphatic hydroxyl groups excluding tert-OH is 1. The molecular formula is C26H30N2O6. The first-order valence-corrected chi connectivity index (χ1v) is 11.6.